The van der Waals surface area contributed by atoms with Crippen molar-refractivity contribution in [2.75, 3.05) is 39.8 Å². The Bertz CT molecular complexity index is 882. The van der Waals surface area contributed by atoms with Crippen LogP contribution in [0.1, 0.15) is 42.7 Å². The summed E-state index contributed by atoms with van der Waals surface area (Å²) in [6.07, 6.45) is 6.97. The predicted molar refractivity (Wildman–Crippen MR) is 142 cm³/mol. The van der Waals surface area contributed by atoms with E-state index in [1.165, 1.54) is 43.6 Å². The third kappa shape index (κ3) is 6.84. The highest BCUT2D eigenvalue weighted by Gasteiger charge is 2.36. The van der Waals surface area contributed by atoms with Crippen molar-refractivity contribution in [3.63, 3.8) is 0 Å². The summed E-state index contributed by atoms with van der Waals surface area (Å²) in [6, 6.07) is 8.19. The van der Waals surface area contributed by atoms with Gasteiger partial charge in [0, 0.05) is 49.3 Å². The fourth-order valence-corrected chi connectivity index (χ4v) is 6.80. The lowest BCUT2D eigenvalue weighted by Gasteiger charge is -2.35. The molecule has 0 saturated carbocycles. The zero-order valence-corrected chi connectivity index (χ0v) is 21.9. The van der Waals surface area contributed by atoms with E-state index in [0.29, 0.717) is 23.0 Å². The number of likely N-dealkylation sites (tertiary alicyclic amines) is 2. The van der Waals surface area contributed by atoms with E-state index in [2.05, 4.69) is 39.3 Å². The Balaban J connectivity index is 1.35. The molecule has 0 radical (unpaired) electrons. The predicted octanol–water partition coefficient (Wildman–Crippen LogP) is 6.96. The first-order valence-electron chi connectivity index (χ1n) is 12.1. The summed E-state index contributed by atoms with van der Waals surface area (Å²) < 4.78 is 5.65. The number of methoxy groups -OCH3 is 1. The molecule has 4 rings (SSSR count). The molecule has 0 spiro atoms. The van der Waals surface area contributed by atoms with Gasteiger partial charge in [0.15, 0.2) is 0 Å². The summed E-state index contributed by atoms with van der Waals surface area (Å²) in [7, 11) is 1.83. The van der Waals surface area contributed by atoms with Gasteiger partial charge < -0.3 is 9.64 Å². The largest absolute Gasteiger partial charge is 0.381 e. The van der Waals surface area contributed by atoms with Crippen LogP contribution in [0, 0.1) is 11.8 Å². The molecule has 0 N–H and O–H groups in total. The third-order valence-electron chi connectivity index (χ3n) is 7.46. The summed E-state index contributed by atoms with van der Waals surface area (Å²) >= 11 is 14.4. The molecule has 1 aromatic carbocycles. The quantitative estimate of drug-likeness (QED) is 0.323. The number of nitrogens with zero attached hydrogens (tertiary/aromatic N) is 2. The van der Waals surface area contributed by atoms with E-state index in [1.54, 1.807) is 0 Å². The Labute approximate surface area is 213 Å². The Morgan fingerprint density at radius 2 is 2.00 bits per heavy atom. The van der Waals surface area contributed by atoms with Crippen LogP contribution in [0.25, 0.3) is 0 Å². The maximum Gasteiger partial charge on any atom is 0.0608 e. The van der Waals surface area contributed by atoms with Gasteiger partial charge >= 0.3 is 0 Å². The third-order valence-corrected chi connectivity index (χ3v) is 8.74. The summed E-state index contributed by atoms with van der Waals surface area (Å²) in [5.74, 6) is 2.01. The first-order chi connectivity index (χ1) is 16.1. The van der Waals surface area contributed by atoms with Crippen LogP contribution >= 0.6 is 34.5 Å². The van der Waals surface area contributed by atoms with E-state index >= 15 is 0 Å². The second-order valence-electron chi connectivity index (χ2n) is 9.71. The summed E-state index contributed by atoms with van der Waals surface area (Å²) in [4.78, 5) is 5.28. The van der Waals surface area contributed by atoms with Gasteiger partial charge in [-0.1, -0.05) is 35.3 Å². The molecule has 33 heavy (non-hydrogen) atoms. The number of thiophene rings is 1. The van der Waals surface area contributed by atoms with Crippen molar-refractivity contribution in [2.45, 2.75) is 44.2 Å². The van der Waals surface area contributed by atoms with Crippen molar-refractivity contribution in [1.29, 1.82) is 0 Å². The van der Waals surface area contributed by atoms with E-state index in [-0.39, 0.29) is 0 Å². The average molecular weight is 508 g/mol. The number of hydrogen-bond donors (Lipinski definition) is 0. The SMILES string of the molecule is C=CC[C@@H](CC1CCN(CC2CN(Cc3ccc(Cl)cc3Cl)CC2c2ccsc2)CC1)OC. The molecular formula is C27H36Cl2N2OS. The van der Waals surface area contributed by atoms with Crippen LogP contribution < -0.4 is 0 Å². The zero-order valence-electron chi connectivity index (χ0n) is 19.6. The van der Waals surface area contributed by atoms with Gasteiger partial charge in [0.05, 0.1) is 6.10 Å². The molecule has 2 fully saturated rings. The molecule has 2 aliphatic rings. The van der Waals surface area contributed by atoms with Crippen molar-refractivity contribution in [2.24, 2.45) is 11.8 Å². The van der Waals surface area contributed by atoms with Crippen LogP contribution in [0.15, 0.2) is 47.7 Å². The molecular weight excluding hydrogens is 471 g/mol. The highest BCUT2D eigenvalue weighted by atomic mass is 35.5. The monoisotopic (exact) mass is 506 g/mol. The molecule has 3 atom stereocenters. The Hall–Kier alpha value is -0.880. The Kier molecular flexibility index (Phi) is 9.32. The minimum absolute atomic E-state index is 0.324. The standard InChI is InChI=1S/C27H36Cl2N2OS/c1-3-4-25(32-2)13-20-7-10-30(11-8-20)16-23-17-31(18-26(23)22-9-12-33-19-22)15-21-5-6-24(28)14-27(21)29/h3,5-6,9,12,14,19-20,23,25-26H,1,4,7-8,10-11,13,15-18H2,2H3/t23?,25-,26?/m0/s1. The Morgan fingerprint density at radius 3 is 2.67 bits per heavy atom. The Morgan fingerprint density at radius 1 is 1.18 bits per heavy atom. The van der Waals surface area contributed by atoms with Crippen LogP contribution in [-0.4, -0.2) is 55.7 Å². The van der Waals surface area contributed by atoms with E-state index in [9.17, 15) is 0 Å². The van der Waals surface area contributed by atoms with Crippen LogP contribution in [0.4, 0.5) is 0 Å². The van der Waals surface area contributed by atoms with E-state index in [4.69, 9.17) is 27.9 Å². The fourth-order valence-electron chi connectivity index (χ4n) is 5.61. The molecule has 3 heterocycles. The summed E-state index contributed by atoms with van der Waals surface area (Å²) in [5.41, 5.74) is 2.66. The molecule has 1 aromatic heterocycles. The topological polar surface area (TPSA) is 15.7 Å². The van der Waals surface area contributed by atoms with Crippen molar-refractivity contribution in [3.05, 3.63) is 68.9 Å². The molecule has 2 saturated heterocycles. The second-order valence-corrected chi connectivity index (χ2v) is 11.3. The number of piperidine rings is 1. The number of benzene rings is 1. The summed E-state index contributed by atoms with van der Waals surface area (Å²) in [6.45, 7) is 10.5. The zero-order chi connectivity index (χ0) is 23.2. The minimum atomic E-state index is 0.324. The van der Waals surface area contributed by atoms with Gasteiger partial charge in [-0.05, 0) is 90.7 Å². The maximum absolute atomic E-state index is 6.48. The number of halogens is 2. The van der Waals surface area contributed by atoms with Gasteiger partial charge in [-0.2, -0.15) is 11.3 Å². The maximum atomic E-state index is 6.48. The molecule has 0 bridgehead atoms. The molecule has 3 nitrogen and oxygen atoms in total. The first kappa shape index (κ1) is 25.2. The number of rotatable bonds is 10. The fraction of sp³-hybridized carbons (Fsp3) is 0.556. The van der Waals surface area contributed by atoms with Crippen molar-refractivity contribution < 1.29 is 4.74 Å². The van der Waals surface area contributed by atoms with E-state index in [1.807, 2.05) is 36.7 Å². The molecule has 2 aliphatic heterocycles. The lowest BCUT2D eigenvalue weighted by Crippen LogP contribution is -2.39. The molecule has 2 aromatic rings. The van der Waals surface area contributed by atoms with Gasteiger partial charge in [0.2, 0.25) is 0 Å². The van der Waals surface area contributed by atoms with Crippen LogP contribution in [-0.2, 0) is 11.3 Å². The smallest absolute Gasteiger partial charge is 0.0608 e. The molecule has 0 amide bonds. The first-order valence-corrected chi connectivity index (χ1v) is 13.8. The van der Waals surface area contributed by atoms with E-state index in [0.717, 1.165) is 43.4 Å². The van der Waals surface area contributed by atoms with Crippen molar-refractivity contribution in [3.8, 4) is 0 Å². The normalized spacial score (nSPS) is 23.7. The number of ether oxygens (including phenoxy) is 1. The number of hydrogen-bond acceptors (Lipinski definition) is 4. The van der Waals surface area contributed by atoms with Gasteiger partial charge in [-0.3, -0.25) is 4.90 Å². The molecule has 6 heteroatoms. The van der Waals surface area contributed by atoms with Gasteiger partial charge in [-0.15, -0.1) is 6.58 Å². The summed E-state index contributed by atoms with van der Waals surface area (Å²) in [5, 5.41) is 6.02. The average Bonchev–Trinajstić information content (AvgIpc) is 3.47. The highest BCUT2D eigenvalue weighted by molar-refractivity contribution is 7.08. The van der Waals surface area contributed by atoms with Crippen LogP contribution in [0.5, 0.6) is 0 Å². The molecule has 2 unspecified atom stereocenters. The lowest BCUT2D eigenvalue weighted by molar-refractivity contribution is 0.0638. The lowest BCUT2D eigenvalue weighted by atomic mass is 9.87. The molecule has 180 valence electrons. The second kappa shape index (κ2) is 12.2. The van der Waals surface area contributed by atoms with Gasteiger partial charge in [0.1, 0.15) is 0 Å². The minimum Gasteiger partial charge on any atom is -0.381 e. The van der Waals surface area contributed by atoms with Crippen molar-refractivity contribution in [1.82, 2.24) is 9.80 Å². The van der Waals surface area contributed by atoms with Crippen LogP contribution in [0.3, 0.4) is 0 Å². The molecule has 0 aliphatic carbocycles. The van der Waals surface area contributed by atoms with Gasteiger partial charge in [-0.25, -0.2) is 0 Å². The highest BCUT2D eigenvalue weighted by Crippen LogP contribution is 2.37. The van der Waals surface area contributed by atoms with E-state index < -0.39 is 0 Å². The van der Waals surface area contributed by atoms with Crippen molar-refractivity contribution >= 4 is 34.5 Å². The van der Waals surface area contributed by atoms with Crippen LogP contribution in [0.2, 0.25) is 10.0 Å². The van der Waals surface area contributed by atoms with Gasteiger partial charge in [0.25, 0.3) is 0 Å².